The van der Waals surface area contributed by atoms with Gasteiger partial charge in [-0.2, -0.15) is 0 Å². The van der Waals surface area contributed by atoms with E-state index in [4.69, 9.17) is 28.9 Å². The molecule has 0 saturated carbocycles. The number of halogens is 2. The van der Waals surface area contributed by atoms with Crippen LogP contribution in [0.3, 0.4) is 0 Å². The molecule has 3 heterocycles. The van der Waals surface area contributed by atoms with Gasteiger partial charge in [0.1, 0.15) is 12.1 Å². The maximum Gasteiger partial charge on any atom is 0.166 e. The van der Waals surface area contributed by atoms with Crippen LogP contribution < -0.4 is 11.1 Å². The average molecular weight is 400 g/mol. The number of nitrogens with zero attached hydrogens (tertiary/aromatic N) is 5. The summed E-state index contributed by atoms with van der Waals surface area (Å²) >= 11 is 12.2. The second-order valence-corrected chi connectivity index (χ2v) is 6.88. The Morgan fingerprint density at radius 3 is 2.85 bits per heavy atom. The summed E-state index contributed by atoms with van der Waals surface area (Å²) in [7, 11) is 0. The van der Waals surface area contributed by atoms with Crippen molar-refractivity contribution in [1.82, 2.24) is 24.6 Å². The smallest absolute Gasteiger partial charge is 0.166 e. The largest absolute Gasteiger partial charge is 0.382 e. The zero-order valence-electron chi connectivity index (χ0n) is 14.3. The highest BCUT2D eigenvalue weighted by Crippen LogP contribution is 2.29. The molecule has 4 rings (SSSR count). The van der Waals surface area contributed by atoms with E-state index in [0.717, 1.165) is 11.1 Å². The normalized spacial score (nSPS) is 11.1. The van der Waals surface area contributed by atoms with Gasteiger partial charge in [0.15, 0.2) is 11.5 Å². The third-order valence-corrected chi connectivity index (χ3v) is 4.62. The fourth-order valence-corrected chi connectivity index (χ4v) is 3.13. The molecular formula is C18H15Cl2N7. The van der Waals surface area contributed by atoms with Gasteiger partial charge in [-0.1, -0.05) is 23.2 Å². The highest BCUT2D eigenvalue weighted by molar-refractivity contribution is 6.33. The summed E-state index contributed by atoms with van der Waals surface area (Å²) in [4.78, 5) is 13.0. The molecule has 0 unspecified atom stereocenters. The van der Waals surface area contributed by atoms with E-state index < -0.39 is 0 Å². The number of hydrogen-bond donors (Lipinski definition) is 2. The molecule has 0 amide bonds. The summed E-state index contributed by atoms with van der Waals surface area (Å²) in [5.74, 6) is 0.984. The predicted octanol–water partition coefficient (Wildman–Crippen LogP) is 4.00. The number of aryl methyl sites for hydroxylation is 1. The van der Waals surface area contributed by atoms with Gasteiger partial charge in [-0.15, -0.1) is 5.10 Å². The zero-order chi connectivity index (χ0) is 19.0. The Balaban J connectivity index is 1.65. The Hall–Kier alpha value is -2.90. The van der Waals surface area contributed by atoms with Crippen LogP contribution in [0.5, 0.6) is 0 Å². The van der Waals surface area contributed by atoms with Crippen LogP contribution in [0.1, 0.15) is 11.1 Å². The Bertz CT molecular complexity index is 1140. The van der Waals surface area contributed by atoms with Gasteiger partial charge in [0.25, 0.3) is 0 Å². The Labute approximate surface area is 165 Å². The van der Waals surface area contributed by atoms with E-state index in [0.29, 0.717) is 45.1 Å². The van der Waals surface area contributed by atoms with Gasteiger partial charge in [0.2, 0.25) is 0 Å². The number of fused-ring (bicyclic) bond motifs is 1. The second-order valence-electron chi connectivity index (χ2n) is 6.04. The molecule has 0 atom stereocenters. The molecule has 0 aliphatic carbocycles. The van der Waals surface area contributed by atoms with E-state index in [1.165, 1.54) is 6.33 Å². The number of benzene rings is 1. The minimum absolute atomic E-state index is 0.357. The van der Waals surface area contributed by atoms with Crippen molar-refractivity contribution in [2.75, 3.05) is 11.1 Å². The molecule has 7 nitrogen and oxygen atoms in total. The van der Waals surface area contributed by atoms with E-state index in [1.54, 1.807) is 28.9 Å². The van der Waals surface area contributed by atoms with Gasteiger partial charge in [0, 0.05) is 35.1 Å². The molecule has 27 heavy (non-hydrogen) atoms. The number of nitrogens with two attached hydrogens (primary N) is 1. The lowest BCUT2D eigenvalue weighted by Gasteiger charge is -2.09. The third-order valence-electron chi connectivity index (χ3n) is 4.02. The van der Waals surface area contributed by atoms with Gasteiger partial charge >= 0.3 is 0 Å². The number of aromatic nitrogens is 5. The predicted molar refractivity (Wildman–Crippen MR) is 107 cm³/mol. The van der Waals surface area contributed by atoms with Crippen molar-refractivity contribution in [3.63, 3.8) is 0 Å². The van der Waals surface area contributed by atoms with Crippen molar-refractivity contribution < 1.29 is 0 Å². The van der Waals surface area contributed by atoms with Crippen molar-refractivity contribution in [1.29, 1.82) is 0 Å². The standard InChI is InChI=1S/C18H15Cl2N7/c1-10-6-23-18-16(17(21)26-27(18)8-10)14-5-15(25-9-24-14)22-7-11-4-12(19)2-3-13(11)20/h2-6,8-9H,7H2,1H3,(H2,21,26)(H,22,24,25). The number of nitrogens with one attached hydrogen (secondary N) is 1. The molecule has 0 fully saturated rings. The molecule has 9 heteroatoms. The SMILES string of the molecule is Cc1cnc2c(-c3cc(NCc4cc(Cl)ccc4Cl)ncn3)c(N)nn2c1. The van der Waals surface area contributed by atoms with Crippen LogP contribution in [0.4, 0.5) is 11.6 Å². The van der Waals surface area contributed by atoms with E-state index in [2.05, 4.69) is 25.4 Å². The summed E-state index contributed by atoms with van der Waals surface area (Å²) in [5.41, 5.74) is 9.90. The first-order valence-corrected chi connectivity index (χ1v) is 8.87. The summed E-state index contributed by atoms with van der Waals surface area (Å²) < 4.78 is 1.65. The third kappa shape index (κ3) is 3.51. The molecule has 0 radical (unpaired) electrons. The van der Waals surface area contributed by atoms with Crippen LogP contribution in [-0.2, 0) is 6.54 Å². The van der Waals surface area contributed by atoms with Crippen molar-refractivity contribution in [2.24, 2.45) is 0 Å². The number of hydrogen-bond acceptors (Lipinski definition) is 6. The lowest BCUT2D eigenvalue weighted by Crippen LogP contribution is -2.03. The van der Waals surface area contributed by atoms with Crippen LogP contribution in [-0.4, -0.2) is 24.6 Å². The maximum absolute atomic E-state index is 6.21. The molecule has 136 valence electrons. The quantitative estimate of drug-likeness (QED) is 0.538. The van der Waals surface area contributed by atoms with E-state index in [-0.39, 0.29) is 0 Å². The maximum atomic E-state index is 6.21. The first kappa shape index (κ1) is 17.5. The Kier molecular flexibility index (Phi) is 4.55. The van der Waals surface area contributed by atoms with Crippen molar-refractivity contribution in [2.45, 2.75) is 13.5 Å². The van der Waals surface area contributed by atoms with Crippen LogP contribution in [0, 0.1) is 6.92 Å². The number of anilines is 2. The van der Waals surface area contributed by atoms with Gasteiger partial charge in [-0.3, -0.25) is 0 Å². The van der Waals surface area contributed by atoms with Crippen LogP contribution in [0.15, 0.2) is 43.0 Å². The van der Waals surface area contributed by atoms with Crippen molar-refractivity contribution in [3.8, 4) is 11.3 Å². The Morgan fingerprint density at radius 1 is 1.15 bits per heavy atom. The van der Waals surface area contributed by atoms with Crippen LogP contribution in [0.2, 0.25) is 10.0 Å². The van der Waals surface area contributed by atoms with E-state index in [1.807, 2.05) is 19.2 Å². The molecule has 0 bridgehead atoms. The Morgan fingerprint density at radius 2 is 2.00 bits per heavy atom. The number of rotatable bonds is 4. The highest BCUT2D eigenvalue weighted by Gasteiger charge is 2.16. The van der Waals surface area contributed by atoms with Crippen molar-refractivity contribution in [3.05, 3.63) is 64.2 Å². The minimum Gasteiger partial charge on any atom is -0.382 e. The average Bonchev–Trinajstić information content (AvgIpc) is 2.97. The molecule has 0 saturated heterocycles. The lowest BCUT2D eigenvalue weighted by molar-refractivity contribution is 0.933. The second kappa shape index (κ2) is 7.02. The highest BCUT2D eigenvalue weighted by atomic mass is 35.5. The first-order chi connectivity index (χ1) is 13.0. The van der Waals surface area contributed by atoms with Crippen LogP contribution >= 0.6 is 23.2 Å². The topological polar surface area (TPSA) is 94.0 Å². The summed E-state index contributed by atoms with van der Waals surface area (Å²) in [6, 6.07) is 7.13. The minimum atomic E-state index is 0.357. The molecular weight excluding hydrogens is 385 g/mol. The van der Waals surface area contributed by atoms with Crippen LogP contribution in [0.25, 0.3) is 16.9 Å². The fourth-order valence-electron chi connectivity index (χ4n) is 2.75. The van der Waals surface area contributed by atoms with E-state index in [9.17, 15) is 0 Å². The molecule has 1 aromatic carbocycles. The summed E-state index contributed by atoms with van der Waals surface area (Å²) in [6.07, 6.45) is 5.10. The zero-order valence-corrected chi connectivity index (χ0v) is 15.8. The molecule has 3 N–H and O–H groups in total. The molecule has 0 aliphatic rings. The summed E-state index contributed by atoms with van der Waals surface area (Å²) in [5, 5.41) is 8.80. The van der Waals surface area contributed by atoms with Gasteiger partial charge in [0.05, 0.1) is 11.3 Å². The molecule has 0 spiro atoms. The van der Waals surface area contributed by atoms with Gasteiger partial charge < -0.3 is 11.1 Å². The molecule has 4 aromatic rings. The van der Waals surface area contributed by atoms with Gasteiger partial charge in [-0.25, -0.2) is 19.5 Å². The fraction of sp³-hybridized carbons (Fsp3) is 0.111. The first-order valence-electron chi connectivity index (χ1n) is 8.12. The number of nitrogen functional groups attached to an aromatic ring is 1. The van der Waals surface area contributed by atoms with E-state index >= 15 is 0 Å². The van der Waals surface area contributed by atoms with Gasteiger partial charge in [-0.05, 0) is 36.2 Å². The molecule has 3 aromatic heterocycles. The monoisotopic (exact) mass is 399 g/mol. The summed E-state index contributed by atoms with van der Waals surface area (Å²) in [6.45, 7) is 2.41. The molecule has 0 aliphatic heterocycles. The van der Waals surface area contributed by atoms with Crippen molar-refractivity contribution >= 4 is 40.5 Å². The lowest BCUT2D eigenvalue weighted by atomic mass is 10.2.